The summed E-state index contributed by atoms with van der Waals surface area (Å²) >= 11 is 0. The molecule has 0 saturated heterocycles. The van der Waals surface area contributed by atoms with Crippen LogP contribution < -0.4 is 0 Å². The zero-order valence-corrected chi connectivity index (χ0v) is 13.8. The van der Waals surface area contributed by atoms with Crippen molar-refractivity contribution in [1.82, 2.24) is 0 Å². The van der Waals surface area contributed by atoms with Crippen molar-refractivity contribution in [3.63, 3.8) is 0 Å². The smallest absolute Gasteiger partial charge is 0.368 e. The molecule has 0 aromatic rings. The Labute approximate surface area is 138 Å². The Morgan fingerprint density at radius 2 is 1.70 bits per heavy atom. The third kappa shape index (κ3) is 17.8. The Bertz CT molecular complexity index is 387. The van der Waals surface area contributed by atoms with E-state index in [1.54, 1.807) is 6.08 Å². The van der Waals surface area contributed by atoms with E-state index >= 15 is 0 Å². The predicted octanol–water partition coefficient (Wildman–Crippen LogP) is 2.92. The fraction of sp³-hybridized carbons (Fsp3) is 0.412. The molecule has 0 fully saturated rings. The van der Waals surface area contributed by atoms with Gasteiger partial charge in [-0.15, -0.1) is 13.2 Å². The van der Waals surface area contributed by atoms with Crippen LogP contribution >= 0.6 is 0 Å². The van der Waals surface area contributed by atoms with E-state index in [2.05, 4.69) is 40.8 Å². The van der Waals surface area contributed by atoms with Crippen LogP contribution in [-0.2, 0) is 28.8 Å². The van der Waals surface area contributed by atoms with E-state index in [0.29, 0.717) is 25.2 Å². The molecule has 0 aromatic heterocycles. The Morgan fingerprint density at radius 3 is 2.22 bits per heavy atom. The van der Waals surface area contributed by atoms with E-state index in [9.17, 15) is 9.59 Å². The van der Waals surface area contributed by atoms with E-state index in [1.165, 1.54) is 6.08 Å². The molecule has 0 radical (unpaired) electrons. The van der Waals surface area contributed by atoms with Gasteiger partial charge in [-0.05, 0) is 6.42 Å². The van der Waals surface area contributed by atoms with Crippen molar-refractivity contribution in [3.05, 3.63) is 50.1 Å². The fourth-order valence-electron chi connectivity index (χ4n) is 1.03. The number of rotatable bonds is 12. The number of hydrogen-bond donors (Lipinski definition) is 0. The van der Waals surface area contributed by atoms with Crippen LogP contribution in [0.1, 0.15) is 19.8 Å². The van der Waals surface area contributed by atoms with E-state index in [0.717, 1.165) is 12.5 Å². The SMILES string of the molecule is C=CCOCCOC(=O)C=C.C=CCOOC(=O)C(=C)CCC. The van der Waals surface area contributed by atoms with Crippen molar-refractivity contribution in [2.75, 3.05) is 26.4 Å². The summed E-state index contributed by atoms with van der Waals surface area (Å²) in [6.45, 7) is 16.9. The second kappa shape index (κ2) is 17.9. The van der Waals surface area contributed by atoms with E-state index in [1.807, 2.05) is 6.92 Å². The summed E-state index contributed by atoms with van der Waals surface area (Å²) in [5.74, 6) is -0.925. The molecule has 0 aliphatic rings. The molecule has 0 N–H and O–H groups in total. The standard InChI is InChI=1S/C9H14O3.C8H12O3/c1-4-6-8(3)9(10)12-11-7-5-2;1-3-5-10-6-7-11-8(9)4-2/h5H,2-4,6-7H2,1H3;3-4H,1-2,5-7H2. The van der Waals surface area contributed by atoms with Gasteiger partial charge in [0.25, 0.3) is 0 Å². The summed E-state index contributed by atoms with van der Waals surface area (Å²) in [6.07, 6.45) is 5.75. The van der Waals surface area contributed by atoms with Crippen molar-refractivity contribution in [2.24, 2.45) is 0 Å². The van der Waals surface area contributed by atoms with Gasteiger partial charge >= 0.3 is 11.9 Å². The molecule has 130 valence electrons. The molecule has 0 rings (SSSR count). The highest BCUT2D eigenvalue weighted by molar-refractivity contribution is 5.87. The topological polar surface area (TPSA) is 71.1 Å². The van der Waals surface area contributed by atoms with E-state index in [-0.39, 0.29) is 13.2 Å². The molecule has 0 unspecified atom stereocenters. The minimum Gasteiger partial charge on any atom is -0.460 e. The van der Waals surface area contributed by atoms with Crippen LogP contribution in [0.4, 0.5) is 0 Å². The highest BCUT2D eigenvalue weighted by Crippen LogP contribution is 2.03. The molecular weight excluding hydrogens is 300 g/mol. The molecule has 0 bridgehead atoms. The van der Waals surface area contributed by atoms with Crippen molar-refractivity contribution in [2.45, 2.75) is 19.8 Å². The van der Waals surface area contributed by atoms with Gasteiger partial charge in [-0.3, -0.25) is 4.89 Å². The Morgan fingerprint density at radius 1 is 1.04 bits per heavy atom. The van der Waals surface area contributed by atoms with E-state index < -0.39 is 11.9 Å². The molecule has 0 aliphatic carbocycles. The van der Waals surface area contributed by atoms with Crippen LogP contribution in [0, 0.1) is 0 Å². The second-order valence-electron chi connectivity index (χ2n) is 4.03. The summed E-state index contributed by atoms with van der Waals surface area (Å²) in [6, 6.07) is 0. The third-order valence-corrected chi connectivity index (χ3v) is 2.04. The molecule has 0 saturated carbocycles. The molecule has 0 aliphatic heterocycles. The molecule has 6 heteroatoms. The highest BCUT2D eigenvalue weighted by Gasteiger charge is 2.07. The zero-order chi connectivity index (χ0) is 17.9. The van der Waals surface area contributed by atoms with Crippen molar-refractivity contribution >= 4 is 11.9 Å². The van der Waals surface area contributed by atoms with Gasteiger partial charge in [0.05, 0.1) is 13.2 Å². The van der Waals surface area contributed by atoms with Crippen LogP contribution in [0.3, 0.4) is 0 Å². The van der Waals surface area contributed by atoms with Crippen LogP contribution in [0.15, 0.2) is 50.1 Å². The van der Waals surface area contributed by atoms with Gasteiger partial charge in [0.2, 0.25) is 0 Å². The van der Waals surface area contributed by atoms with Gasteiger partial charge in [0.15, 0.2) is 0 Å². The first-order valence-electron chi connectivity index (χ1n) is 7.13. The third-order valence-electron chi connectivity index (χ3n) is 2.04. The van der Waals surface area contributed by atoms with Crippen LogP contribution in [-0.4, -0.2) is 38.4 Å². The van der Waals surface area contributed by atoms with Crippen molar-refractivity contribution in [3.8, 4) is 0 Å². The summed E-state index contributed by atoms with van der Waals surface area (Å²) in [7, 11) is 0. The molecule has 0 amide bonds. The Hall–Kier alpha value is -2.18. The minimum atomic E-state index is -0.501. The quantitative estimate of drug-likeness (QED) is 0.137. The number of hydrogen-bond acceptors (Lipinski definition) is 6. The lowest BCUT2D eigenvalue weighted by Gasteiger charge is -2.02. The summed E-state index contributed by atoms with van der Waals surface area (Å²) in [5.41, 5.74) is 0.432. The average molecular weight is 326 g/mol. The van der Waals surface area contributed by atoms with Gasteiger partial charge < -0.3 is 9.47 Å². The maximum Gasteiger partial charge on any atom is 0.368 e. The molecule has 6 nitrogen and oxygen atoms in total. The fourth-order valence-corrected chi connectivity index (χ4v) is 1.03. The van der Waals surface area contributed by atoms with Gasteiger partial charge in [-0.25, -0.2) is 9.59 Å². The van der Waals surface area contributed by atoms with Crippen LogP contribution in [0.25, 0.3) is 0 Å². The van der Waals surface area contributed by atoms with Crippen LogP contribution in [0.5, 0.6) is 0 Å². The van der Waals surface area contributed by atoms with Gasteiger partial charge in [0, 0.05) is 11.6 Å². The maximum atomic E-state index is 10.9. The molecule has 0 spiro atoms. The highest BCUT2D eigenvalue weighted by atomic mass is 17.2. The summed E-state index contributed by atoms with van der Waals surface area (Å²) in [4.78, 5) is 30.2. The lowest BCUT2D eigenvalue weighted by Crippen LogP contribution is -2.08. The Kier molecular flexibility index (Phi) is 17.9. The lowest BCUT2D eigenvalue weighted by atomic mass is 10.2. The number of esters is 1. The number of carbonyl (C=O) groups excluding carboxylic acids is 2. The largest absolute Gasteiger partial charge is 0.460 e. The lowest BCUT2D eigenvalue weighted by molar-refractivity contribution is -0.261. The summed E-state index contributed by atoms with van der Waals surface area (Å²) in [5, 5.41) is 0. The monoisotopic (exact) mass is 326 g/mol. The van der Waals surface area contributed by atoms with Crippen LogP contribution in [0.2, 0.25) is 0 Å². The molecule has 0 heterocycles. The van der Waals surface area contributed by atoms with E-state index in [4.69, 9.17) is 4.74 Å². The first-order chi connectivity index (χ1) is 11.0. The first kappa shape index (κ1) is 23.1. The van der Waals surface area contributed by atoms with Gasteiger partial charge in [-0.2, -0.15) is 4.89 Å². The number of carbonyl (C=O) groups is 2. The first-order valence-corrected chi connectivity index (χ1v) is 7.13. The Balaban J connectivity index is 0. The van der Waals surface area contributed by atoms with Crippen molar-refractivity contribution < 1.29 is 28.8 Å². The van der Waals surface area contributed by atoms with Gasteiger partial charge in [-0.1, -0.05) is 38.7 Å². The minimum absolute atomic E-state index is 0.200. The summed E-state index contributed by atoms with van der Waals surface area (Å²) < 4.78 is 9.57. The average Bonchev–Trinajstić information content (AvgIpc) is 2.55. The predicted molar refractivity (Wildman–Crippen MR) is 88.5 cm³/mol. The second-order valence-corrected chi connectivity index (χ2v) is 4.03. The molecule has 23 heavy (non-hydrogen) atoms. The van der Waals surface area contributed by atoms with Gasteiger partial charge in [0.1, 0.15) is 13.2 Å². The molecular formula is C17H26O6. The normalized spacial score (nSPS) is 8.91. The number of ether oxygens (including phenoxy) is 2. The zero-order valence-electron chi connectivity index (χ0n) is 13.8. The maximum absolute atomic E-state index is 10.9. The van der Waals surface area contributed by atoms with Crippen molar-refractivity contribution in [1.29, 1.82) is 0 Å². The molecule has 0 aromatic carbocycles. The molecule has 0 atom stereocenters.